The molecule has 0 aliphatic heterocycles. The van der Waals surface area contributed by atoms with Gasteiger partial charge in [-0.15, -0.1) is 0 Å². The normalized spacial score (nSPS) is 10.1. The number of benzene rings is 2. The van der Waals surface area contributed by atoms with Gasteiger partial charge >= 0.3 is 5.97 Å². The lowest BCUT2D eigenvalue weighted by atomic mass is 10.1. The number of hydrogen-bond acceptors (Lipinski definition) is 5. The second-order valence-electron chi connectivity index (χ2n) is 5.27. The van der Waals surface area contributed by atoms with Crippen LogP contribution in [0.5, 0.6) is 11.5 Å². The zero-order chi connectivity index (χ0) is 18.4. The summed E-state index contributed by atoms with van der Waals surface area (Å²) in [6.07, 6.45) is 0. The minimum Gasteiger partial charge on any atom is -0.495 e. The van der Waals surface area contributed by atoms with Crippen molar-refractivity contribution < 1.29 is 23.8 Å². The maximum Gasteiger partial charge on any atom is 0.337 e. The molecule has 0 spiro atoms. The van der Waals surface area contributed by atoms with Crippen LogP contribution in [0.15, 0.2) is 36.4 Å². The molecule has 0 aliphatic carbocycles. The van der Waals surface area contributed by atoms with E-state index >= 15 is 0 Å². The van der Waals surface area contributed by atoms with Crippen molar-refractivity contribution in [3.63, 3.8) is 0 Å². The lowest BCUT2D eigenvalue weighted by Gasteiger charge is -2.13. The van der Waals surface area contributed by atoms with Crippen molar-refractivity contribution in [2.75, 3.05) is 26.1 Å². The Balaban J connectivity index is 2.27. The fourth-order valence-electron chi connectivity index (χ4n) is 2.35. The molecule has 25 heavy (non-hydrogen) atoms. The van der Waals surface area contributed by atoms with Crippen molar-refractivity contribution in [2.24, 2.45) is 0 Å². The Labute approximate surface area is 146 Å². The first-order valence-electron chi connectivity index (χ1n) is 7.81. The summed E-state index contributed by atoms with van der Waals surface area (Å²) in [5, 5.41) is 2.76. The number of rotatable bonds is 6. The summed E-state index contributed by atoms with van der Waals surface area (Å²) < 4.78 is 15.4. The number of methoxy groups -OCH3 is 2. The van der Waals surface area contributed by atoms with E-state index in [9.17, 15) is 9.59 Å². The highest BCUT2D eigenvalue weighted by atomic mass is 16.5. The van der Waals surface area contributed by atoms with Crippen LogP contribution in [0.25, 0.3) is 0 Å². The largest absolute Gasteiger partial charge is 0.495 e. The SMILES string of the molecule is CCOc1ccc(C(=O)Nc2cc(C(=O)OC)ccc2OC)cc1C. The summed E-state index contributed by atoms with van der Waals surface area (Å²) in [6.45, 7) is 4.34. The second-order valence-corrected chi connectivity index (χ2v) is 5.27. The highest BCUT2D eigenvalue weighted by molar-refractivity contribution is 6.06. The van der Waals surface area contributed by atoms with Gasteiger partial charge in [-0.3, -0.25) is 4.79 Å². The van der Waals surface area contributed by atoms with Gasteiger partial charge < -0.3 is 19.5 Å². The van der Waals surface area contributed by atoms with Crippen molar-refractivity contribution in [1.29, 1.82) is 0 Å². The summed E-state index contributed by atoms with van der Waals surface area (Å²) in [5.74, 6) is 0.384. The van der Waals surface area contributed by atoms with Crippen LogP contribution in [0.2, 0.25) is 0 Å². The fraction of sp³-hybridized carbons (Fsp3) is 0.263. The van der Waals surface area contributed by atoms with Gasteiger partial charge in [0.25, 0.3) is 5.91 Å². The van der Waals surface area contributed by atoms with E-state index in [-0.39, 0.29) is 5.91 Å². The monoisotopic (exact) mass is 343 g/mol. The summed E-state index contributed by atoms with van der Waals surface area (Å²) in [4.78, 5) is 24.2. The number of amides is 1. The van der Waals surface area contributed by atoms with Gasteiger partial charge in [0, 0.05) is 5.56 Å². The molecule has 0 radical (unpaired) electrons. The van der Waals surface area contributed by atoms with E-state index in [2.05, 4.69) is 5.32 Å². The Morgan fingerprint density at radius 3 is 2.28 bits per heavy atom. The predicted octanol–water partition coefficient (Wildman–Crippen LogP) is 3.44. The number of hydrogen-bond donors (Lipinski definition) is 1. The first-order valence-corrected chi connectivity index (χ1v) is 7.81. The van der Waals surface area contributed by atoms with Gasteiger partial charge in [0.1, 0.15) is 11.5 Å². The van der Waals surface area contributed by atoms with E-state index < -0.39 is 5.97 Å². The molecule has 6 nitrogen and oxygen atoms in total. The smallest absolute Gasteiger partial charge is 0.337 e. The van der Waals surface area contributed by atoms with Gasteiger partial charge in [0.15, 0.2) is 0 Å². The molecule has 2 aromatic rings. The maximum atomic E-state index is 12.5. The van der Waals surface area contributed by atoms with E-state index in [0.717, 1.165) is 11.3 Å². The van der Waals surface area contributed by atoms with Gasteiger partial charge in [-0.1, -0.05) is 0 Å². The number of carbonyl (C=O) groups is 2. The molecule has 2 aromatic carbocycles. The number of anilines is 1. The Hall–Kier alpha value is -3.02. The first-order chi connectivity index (χ1) is 12.0. The molecule has 0 fully saturated rings. The molecule has 0 saturated carbocycles. The third kappa shape index (κ3) is 4.29. The van der Waals surface area contributed by atoms with Crippen molar-refractivity contribution in [2.45, 2.75) is 13.8 Å². The molecule has 1 amide bonds. The van der Waals surface area contributed by atoms with Crippen LogP contribution in [0, 0.1) is 6.92 Å². The van der Waals surface area contributed by atoms with Crippen LogP contribution in [-0.2, 0) is 4.74 Å². The van der Waals surface area contributed by atoms with Gasteiger partial charge in [0.05, 0.1) is 32.1 Å². The van der Waals surface area contributed by atoms with Crippen LogP contribution in [0.4, 0.5) is 5.69 Å². The number of nitrogens with one attached hydrogen (secondary N) is 1. The summed E-state index contributed by atoms with van der Waals surface area (Å²) in [7, 11) is 2.79. The van der Waals surface area contributed by atoms with E-state index in [1.165, 1.54) is 20.3 Å². The molecule has 1 N–H and O–H groups in total. The molecule has 0 aromatic heterocycles. The molecule has 0 unspecified atom stereocenters. The average Bonchev–Trinajstić information content (AvgIpc) is 2.62. The lowest BCUT2D eigenvalue weighted by molar-refractivity contribution is 0.0600. The van der Waals surface area contributed by atoms with Gasteiger partial charge in [0.2, 0.25) is 0 Å². The molecule has 2 rings (SSSR count). The van der Waals surface area contributed by atoms with Crippen molar-refractivity contribution >= 4 is 17.6 Å². The third-order valence-electron chi connectivity index (χ3n) is 3.61. The average molecular weight is 343 g/mol. The quantitative estimate of drug-likeness (QED) is 0.813. The Morgan fingerprint density at radius 1 is 1.00 bits per heavy atom. The minimum atomic E-state index is -0.491. The fourth-order valence-corrected chi connectivity index (χ4v) is 2.35. The molecule has 132 valence electrons. The lowest BCUT2D eigenvalue weighted by Crippen LogP contribution is -2.14. The zero-order valence-corrected chi connectivity index (χ0v) is 14.7. The Morgan fingerprint density at radius 2 is 1.68 bits per heavy atom. The zero-order valence-electron chi connectivity index (χ0n) is 14.7. The number of aryl methyl sites for hydroxylation is 1. The Kier molecular flexibility index (Phi) is 6.00. The molecule has 6 heteroatoms. The number of carbonyl (C=O) groups excluding carboxylic acids is 2. The van der Waals surface area contributed by atoms with E-state index in [1.807, 2.05) is 13.8 Å². The van der Waals surface area contributed by atoms with Gasteiger partial charge in [-0.25, -0.2) is 4.79 Å². The van der Waals surface area contributed by atoms with Crippen LogP contribution in [0.3, 0.4) is 0 Å². The van der Waals surface area contributed by atoms with E-state index in [4.69, 9.17) is 14.2 Å². The Bertz CT molecular complexity index is 785. The molecule has 0 heterocycles. The highest BCUT2D eigenvalue weighted by Gasteiger charge is 2.14. The van der Waals surface area contributed by atoms with E-state index in [0.29, 0.717) is 29.2 Å². The third-order valence-corrected chi connectivity index (χ3v) is 3.61. The summed E-state index contributed by atoms with van der Waals surface area (Å²) in [5.41, 5.74) is 2.06. The summed E-state index contributed by atoms with van der Waals surface area (Å²) >= 11 is 0. The van der Waals surface area contributed by atoms with Gasteiger partial charge in [-0.05, 0) is 55.8 Å². The van der Waals surface area contributed by atoms with Crippen molar-refractivity contribution in [1.82, 2.24) is 0 Å². The highest BCUT2D eigenvalue weighted by Crippen LogP contribution is 2.27. The van der Waals surface area contributed by atoms with Crippen LogP contribution in [-0.4, -0.2) is 32.7 Å². The van der Waals surface area contributed by atoms with Gasteiger partial charge in [-0.2, -0.15) is 0 Å². The van der Waals surface area contributed by atoms with Crippen LogP contribution >= 0.6 is 0 Å². The summed E-state index contributed by atoms with van der Waals surface area (Å²) in [6, 6.07) is 9.88. The molecular weight excluding hydrogens is 322 g/mol. The topological polar surface area (TPSA) is 73.9 Å². The molecule has 0 atom stereocenters. The van der Waals surface area contributed by atoms with Crippen LogP contribution in [0.1, 0.15) is 33.2 Å². The predicted molar refractivity (Wildman–Crippen MR) is 94.6 cm³/mol. The first kappa shape index (κ1) is 18.3. The molecule has 0 aliphatic rings. The van der Waals surface area contributed by atoms with E-state index in [1.54, 1.807) is 30.3 Å². The molecule has 0 saturated heterocycles. The molecule has 0 bridgehead atoms. The van der Waals surface area contributed by atoms with Crippen molar-refractivity contribution in [3.05, 3.63) is 53.1 Å². The van der Waals surface area contributed by atoms with Crippen LogP contribution < -0.4 is 14.8 Å². The maximum absolute atomic E-state index is 12.5. The minimum absolute atomic E-state index is 0.313. The van der Waals surface area contributed by atoms with Crippen molar-refractivity contribution in [3.8, 4) is 11.5 Å². The second kappa shape index (κ2) is 8.19. The standard InChI is InChI=1S/C19H21NO5/c1-5-25-16-8-6-13(10-12(16)2)18(21)20-15-11-14(19(22)24-4)7-9-17(15)23-3/h6-11H,5H2,1-4H3,(H,20,21). The molecular formula is C19H21NO5. The number of ether oxygens (including phenoxy) is 3. The number of esters is 1.